The van der Waals surface area contributed by atoms with Crippen LogP contribution in [0.15, 0.2) is 23.1 Å². The number of aryl methyl sites for hydroxylation is 1. The standard InChI is InChI=1S/C9H11NO2/c1-7-2-3-9(11)10(4-7)8-5-12-6-8/h2-4,8H,5-6H2,1H3. The van der Waals surface area contributed by atoms with Gasteiger partial charge in [-0.2, -0.15) is 0 Å². The van der Waals surface area contributed by atoms with E-state index in [0.29, 0.717) is 13.2 Å². The molecule has 0 amide bonds. The molecule has 1 aliphatic rings. The van der Waals surface area contributed by atoms with E-state index < -0.39 is 0 Å². The zero-order valence-electron chi connectivity index (χ0n) is 6.99. The van der Waals surface area contributed by atoms with Crippen LogP contribution in [0.2, 0.25) is 0 Å². The predicted octanol–water partition coefficient (Wildman–Crippen LogP) is 0.728. The van der Waals surface area contributed by atoms with Crippen LogP contribution < -0.4 is 5.56 Å². The van der Waals surface area contributed by atoms with Crippen LogP contribution in [0.5, 0.6) is 0 Å². The summed E-state index contributed by atoms with van der Waals surface area (Å²) in [4.78, 5) is 11.3. The molecule has 0 bridgehead atoms. The van der Waals surface area contributed by atoms with Gasteiger partial charge in [-0.3, -0.25) is 4.79 Å². The highest BCUT2D eigenvalue weighted by atomic mass is 16.5. The van der Waals surface area contributed by atoms with E-state index in [4.69, 9.17) is 4.74 Å². The Balaban J connectivity index is 2.40. The van der Waals surface area contributed by atoms with Gasteiger partial charge in [0.05, 0.1) is 19.3 Å². The highest BCUT2D eigenvalue weighted by molar-refractivity contribution is 5.08. The third-order valence-corrected chi connectivity index (χ3v) is 2.10. The van der Waals surface area contributed by atoms with E-state index in [1.54, 1.807) is 10.6 Å². The Kier molecular flexibility index (Phi) is 1.73. The minimum absolute atomic E-state index is 0.0638. The number of rotatable bonds is 1. The Hall–Kier alpha value is -1.09. The van der Waals surface area contributed by atoms with Crippen molar-refractivity contribution in [3.63, 3.8) is 0 Å². The van der Waals surface area contributed by atoms with E-state index in [9.17, 15) is 4.79 Å². The van der Waals surface area contributed by atoms with Gasteiger partial charge in [0.25, 0.3) is 5.56 Å². The molecule has 1 aromatic heterocycles. The third kappa shape index (κ3) is 1.16. The Morgan fingerprint density at radius 1 is 1.50 bits per heavy atom. The van der Waals surface area contributed by atoms with Crippen LogP contribution in [-0.4, -0.2) is 17.8 Å². The van der Waals surface area contributed by atoms with E-state index in [2.05, 4.69) is 0 Å². The summed E-state index contributed by atoms with van der Waals surface area (Å²) in [6.07, 6.45) is 1.88. The number of ether oxygens (including phenoxy) is 1. The molecule has 1 aromatic rings. The van der Waals surface area contributed by atoms with Crippen LogP contribution in [-0.2, 0) is 4.74 Å². The summed E-state index contributed by atoms with van der Waals surface area (Å²) in [6.45, 7) is 3.32. The average molecular weight is 165 g/mol. The van der Waals surface area contributed by atoms with Crippen LogP contribution in [0, 0.1) is 6.92 Å². The minimum Gasteiger partial charge on any atom is -0.377 e. The van der Waals surface area contributed by atoms with Crippen molar-refractivity contribution in [3.05, 3.63) is 34.2 Å². The first kappa shape index (κ1) is 7.55. The SMILES string of the molecule is Cc1ccc(=O)n(C2COC2)c1. The van der Waals surface area contributed by atoms with Crippen molar-refractivity contribution in [1.82, 2.24) is 4.57 Å². The summed E-state index contributed by atoms with van der Waals surface area (Å²) < 4.78 is 6.77. The molecule has 64 valence electrons. The molecule has 1 fully saturated rings. The fraction of sp³-hybridized carbons (Fsp3) is 0.444. The lowest BCUT2D eigenvalue weighted by Gasteiger charge is -2.27. The number of hydrogen-bond donors (Lipinski definition) is 0. The third-order valence-electron chi connectivity index (χ3n) is 2.10. The van der Waals surface area contributed by atoms with Crippen molar-refractivity contribution in [2.45, 2.75) is 13.0 Å². The van der Waals surface area contributed by atoms with Crippen LogP contribution in [0.4, 0.5) is 0 Å². The van der Waals surface area contributed by atoms with Crippen molar-refractivity contribution >= 4 is 0 Å². The second kappa shape index (κ2) is 2.75. The zero-order valence-corrected chi connectivity index (χ0v) is 6.99. The first-order chi connectivity index (χ1) is 5.77. The van der Waals surface area contributed by atoms with E-state index in [1.165, 1.54) is 0 Å². The molecule has 0 N–H and O–H groups in total. The quantitative estimate of drug-likeness (QED) is 0.614. The second-order valence-corrected chi connectivity index (χ2v) is 3.14. The van der Waals surface area contributed by atoms with Gasteiger partial charge in [-0.15, -0.1) is 0 Å². The monoisotopic (exact) mass is 165 g/mol. The highest BCUT2D eigenvalue weighted by Crippen LogP contribution is 2.14. The first-order valence-corrected chi connectivity index (χ1v) is 4.04. The average Bonchev–Trinajstić information content (AvgIpc) is 1.93. The van der Waals surface area contributed by atoms with Gasteiger partial charge < -0.3 is 9.30 Å². The maximum absolute atomic E-state index is 11.3. The molecular formula is C9H11NO2. The maximum Gasteiger partial charge on any atom is 0.250 e. The number of hydrogen-bond acceptors (Lipinski definition) is 2. The molecule has 0 unspecified atom stereocenters. The Morgan fingerprint density at radius 3 is 2.83 bits per heavy atom. The molecule has 2 heterocycles. The zero-order chi connectivity index (χ0) is 8.55. The van der Waals surface area contributed by atoms with Gasteiger partial charge in [-0.1, -0.05) is 6.07 Å². The second-order valence-electron chi connectivity index (χ2n) is 3.14. The van der Waals surface area contributed by atoms with Crippen LogP contribution >= 0.6 is 0 Å². The summed E-state index contributed by atoms with van der Waals surface area (Å²) in [7, 11) is 0. The Bertz CT molecular complexity index is 339. The molecular weight excluding hydrogens is 154 g/mol. The minimum atomic E-state index is 0.0638. The maximum atomic E-state index is 11.3. The number of aromatic nitrogens is 1. The molecule has 0 atom stereocenters. The van der Waals surface area contributed by atoms with E-state index in [-0.39, 0.29) is 11.6 Å². The van der Waals surface area contributed by atoms with Crippen molar-refractivity contribution in [2.24, 2.45) is 0 Å². The van der Waals surface area contributed by atoms with Crippen molar-refractivity contribution < 1.29 is 4.74 Å². The lowest BCUT2D eigenvalue weighted by atomic mass is 10.2. The molecule has 1 saturated heterocycles. The van der Waals surface area contributed by atoms with Gasteiger partial charge in [0.2, 0.25) is 0 Å². The molecule has 3 nitrogen and oxygen atoms in total. The Labute approximate surface area is 70.6 Å². The van der Waals surface area contributed by atoms with Crippen molar-refractivity contribution in [3.8, 4) is 0 Å². The first-order valence-electron chi connectivity index (χ1n) is 4.04. The summed E-state index contributed by atoms with van der Waals surface area (Å²) >= 11 is 0. The normalized spacial score (nSPS) is 17.4. The van der Waals surface area contributed by atoms with Gasteiger partial charge >= 0.3 is 0 Å². The molecule has 12 heavy (non-hydrogen) atoms. The smallest absolute Gasteiger partial charge is 0.250 e. The molecule has 0 aromatic carbocycles. The van der Waals surface area contributed by atoms with E-state index in [1.807, 2.05) is 19.2 Å². The van der Waals surface area contributed by atoms with Crippen LogP contribution in [0.25, 0.3) is 0 Å². The largest absolute Gasteiger partial charge is 0.377 e. The summed E-state index contributed by atoms with van der Waals surface area (Å²) in [5, 5.41) is 0. The van der Waals surface area contributed by atoms with Crippen LogP contribution in [0.3, 0.4) is 0 Å². The summed E-state index contributed by atoms with van der Waals surface area (Å²) in [5.74, 6) is 0. The fourth-order valence-electron chi connectivity index (χ4n) is 1.28. The van der Waals surface area contributed by atoms with Gasteiger partial charge in [0.15, 0.2) is 0 Å². The van der Waals surface area contributed by atoms with Crippen molar-refractivity contribution in [1.29, 1.82) is 0 Å². The molecule has 2 rings (SSSR count). The predicted molar refractivity (Wildman–Crippen MR) is 45.3 cm³/mol. The molecule has 0 radical (unpaired) electrons. The van der Waals surface area contributed by atoms with Gasteiger partial charge in [0, 0.05) is 12.3 Å². The van der Waals surface area contributed by atoms with E-state index >= 15 is 0 Å². The van der Waals surface area contributed by atoms with Gasteiger partial charge in [-0.05, 0) is 12.5 Å². The van der Waals surface area contributed by atoms with Crippen molar-refractivity contribution in [2.75, 3.05) is 13.2 Å². The molecule has 0 spiro atoms. The molecule has 3 heteroatoms. The summed E-state index contributed by atoms with van der Waals surface area (Å²) in [5.41, 5.74) is 1.18. The molecule has 0 aliphatic carbocycles. The summed E-state index contributed by atoms with van der Waals surface area (Å²) in [6, 6.07) is 3.70. The topological polar surface area (TPSA) is 31.2 Å². The Morgan fingerprint density at radius 2 is 2.25 bits per heavy atom. The lowest BCUT2D eigenvalue weighted by Crippen LogP contribution is -2.36. The van der Waals surface area contributed by atoms with Gasteiger partial charge in [-0.25, -0.2) is 0 Å². The van der Waals surface area contributed by atoms with Gasteiger partial charge in [0.1, 0.15) is 0 Å². The van der Waals surface area contributed by atoms with Crippen LogP contribution in [0.1, 0.15) is 11.6 Å². The van der Waals surface area contributed by atoms with E-state index in [0.717, 1.165) is 5.56 Å². The highest BCUT2D eigenvalue weighted by Gasteiger charge is 2.20. The lowest BCUT2D eigenvalue weighted by molar-refractivity contribution is -0.0248. The molecule has 1 aliphatic heterocycles. The molecule has 0 saturated carbocycles. The number of nitrogens with zero attached hydrogens (tertiary/aromatic N) is 1. The fourth-order valence-corrected chi connectivity index (χ4v) is 1.28. The number of pyridine rings is 1.